The molecular weight excluding hydrogens is 316 g/mol. The Kier molecular flexibility index (Phi) is 4.27. The van der Waals surface area contributed by atoms with Crippen LogP contribution in [0.4, 0.5) is 0 Å². The van der Waals surface area contributed by atoms with Crippen molar-refractivity contribution >= 4 is 10.0 Å². The minimum atomic E-state index is -3.79. The van der Waals surface area contributed by atoms with Gasteiger partial charge in [0.1, 0.15) is 10.6 Å². The fourth-order valence-corrected chi connectivity index (χ4v) is 5.26. The Morgan fingerprint density at radius 3 is 2.74 bits per heavy atom. The molecule has 1 aromatic heterocycles. The second kappa shape index (κ2) is 6.07. The number of aliphatic hydroxyl groups excluding tert-OH is 1. The Morgan fingerprint density at radius 2 is 2.09 bits per heavy atom. The molecule has 0 saturated heterocycles. The van der Waals surface area contributed by atoms with Crippen LogP contribution in [0.15, 0.2) is 33.7 Å². The number of rotatable bonds is 5. The molecule has 0 amide bonds. The minimum Gasteiger partial charge on any atom is -0.395 e. The Hall–Kier alpha value is -1.70. The summed E-state index contributed by atoms with van der Waals surface area (Å²) in [6, 6.07) is 7.59. The number of nitrogens with zero attached hydrogens (tertiary/aromatic N) is 2. The van der Waals surface area contributed by atoms with Gasteiger partial charge in [-0.25, -0.2) is 8.42 Å². The molecule has 1 unspecified atom stereocenters. The fourth-order valence-electron chi connectivity index (χ4n) is 3.34. The molecule has 23 heavy (non-hydrogen) atoms. The highest BCUT2D eigenvalue weighted by molar-refractivity contribution is 7.89. The van der Waals surface area contributed by atoms with Gasteiger partial charge >= 0.3 is 0 Å². The summed E-state index contributed by atoms with van der Waals surface area (Å²) >= 11 is 0. The molecule has 1 aliphatic rings. The lowest BCUT2D eigenvalue weighted by atomic mass is 10.1. The van der Waals surface area contributed by atoms with Gasteiger partial charge in [0.25, 0.3) is 0 Å². The number of aliphatic hydroxyl groups is 1. The third-order valence-electron chi connectivity index (χ3n) is 4.30. The third-order valence-corrected chi connectivity index (χ3v) is 6.46. The van der Waals surface area contributed by atoms with Crippen LogP contribution in [0.25, 0.3) is 0 Å². The number of sulfonamides is 1. The second-order valence-electron chi connectivity index (χ2n) is 5.75. The molecule has 1 N–H and O–H groups in total. The number of aromatic nitrogens is 1. The zero-order chi connectivity index (χ0) is 16.6. The first-order valence-electron chi connectivity index (χ1n) is 7.60. The molecule has 1 heterocycles. The summed E-state index contributed by atoms with van der Waals surface area (Å²) in [5.74, 6) is 0.275. The van der Waals surface area contributed by atoms with Crippen molar-refractivity contribution in [3.8, 4) is 0 Å². The predicted octanol–water partition coefficient (Wildman–Crippen LogP) is 1.96. The van der Waals surface area contributed by atoms with Gasteiger partial charge in [0.05, 0.1) is 12.6 Å². The molecule has 1 aliphatic carbocycles. The molecule has 2 aromatic rings. The van der Waals surface area contributed by atoms with E-state index in [0.29, 0.717) is 12.1 Å². The summed E-state index contributed by atoms with van der Waals surface area (Å²) in [6.07, 6.45) is 1.54. The molecule has 0 spiro atoms. The number of fused-ring (bicyclic) bond motifs is 1. The standard InChI is InChI=1S/C16H20N2O4S/c1-11-16(12(2)22-17-11)23(20,21)18(9-10-19)15-8-7-13-5-3-4-6-14(13)15/h3-6,15,19H,7-10H2,1-2H3. The van der Waals surface area contributed by atoms with E-state index in [1.54, 1.807) is 13.8 Å². The van der Waals surface area contributed by atoms with Crippen molar-refractivity contribution in [3.05, 3.63) is 46.8 Å². The van der Waals surface area contributed by atoms with Crippen LogP contribution in [-0.4, -0.2) is 36.1 Å². The van der Waals surface area contributed by atoms with Crippen LogP contribution >= 0.6 is 0 Å². The SMILES string of the molecule is Cc1noc(C)c1S(=O)(=O)N(CCO)C1CCc2ccccc21. The number of hydrogen-bond donors (Lipinski definition) is 1. The smallest absolute Gasteiger partial charge is 0.249 e. The summed E-state index contributed by atoms with van der Waals surface area (Å²) in [7, 11) is -3.79. The molecule has 0 aliphatic heterocycles. The lowest BCUT2D eigenvalue weighted by Gasteiger charge is -2.28. The zero-order valence-corrected chi connectivity index (χ0v) is 14.0. The van der Waals surface area contributed by atoms with Gasteiger partial charge in [0.2, 0.25) is 10.0 Å². The van der Waals surface area contributed by atoms with E-state index >= 15 is 0 Å². The van der Waals surface area contributed by atoms with Crippen molar-refractivity contribution in [1.82, 2.24) is 9.46 Å². The van der Waals surface area contributed by atoms with E-state index in [1.807, 2.05) is 24.3 Å². The largest absolute Gasteiger partial charge is 0.395 e. The quantitative estimate of drug-likeness (QED) is 0.902. The Bertz CT molecular complexity index is 794. The van der Waals surface area contributed by atoms with Gasteiger partial charge < -0.3 is 9.63 Å². The van der Waals surface area contributed by atoms with E-state index in [4.69, 9.17) is 4.52 Å². The Morgan fingerprint density at radius 1 is 1.35 bits per heavy atom. The van der Waals surface area contributed by atoms with E-state index < -0.39 is 10.0 Å². The Labute approximate surface area is 135 Å². The summed E-state index contributed by atoms with van der Waals surface area (Å²) in [6.45, 7) is 3.02. The maximum Gasteiger partial charge on any atom is 0.249 e. The van der Waals surface area contributed by atoms with Crippen LogP contribution in [0.2, 0.25) is 0 Å². The van der Waals surface area contributed by atoms with Gasteiger partial charge in [0.15, 0.2) is 5.76 Å². The molecule has 124 valence electrons. The molecule has 0 fully saturated rings. The summed E-state index contributed by atoms with van der Waals surface area (Å²) < 4.78 is 32.7. The number of aryl methyl sites for hydroxylation is 3. The minimum absolute atomic E-state index is 0.0470. The van der Waals surface area contributed by atoms with E-state index in [1.165, 1.54) is 4.31 Å². The molecule has 0 bridgehead atoms. The lowest BCUT2D eigenvalue weighted by molar-refractivity contribution is 0.225. The molecule has 7 heteroatoms. The van der Waals surface area contributed by atoms with Gasteiger partial charge in [-0.3, -0.25) is 0 Å². The van der Waals surface area contributed by atoms with Gasteiger partial charge in [-0.2, -0.15) is 4.31 Å². The first-order valence-corrected chi connectivity index (χ1v) is 9.04. The summed E-state index contributed by atoms with van der Waals surface area (Å²) in [4.78, 5) is 0.107. The average molecular weight is 336 g/mol. The fraction of sp³-hybridized carbons (Fsp3) is 0.438. The summed E-state index contributed by atoms with van der Waals surface area (Å²) in [5.41, 5.74) is 2.52. The second-order valence-corrected chi connectivity index (χ2v) is 7.57. The maximum atomic E-state index is 13.1. The van der Waals surface area contributed by atoms with E-state index in [0.717, 1.165) is 17.5 Å². The highest BCUT2D eigenvalue weighted by Gasteiger charge is 2.38. The van der Waals surface area contributed by atoms with Crippen molar-refractivity contribution in [2.45, 2.75) is 37.6 Å². The molecule has 0 saturated carbocycles. The van der Waals surface area contributed by atoms with Crippen LogP contribution in [0.5, 0.6) is 0 Å². The topological polar surface area (TPSA) is 83.6 Å². The molecule has 0 radical (unpaired) electrons. The van der Waals surface area contributed by atoms with E-state index in [2.05, 4.69) is 5.16 Å². The first-order chi connectivity index (χ1) is 11.0. The van der Waals surface area contributed by atoms with Crippen molar-refractivity contribution in [1.29, 1.82) is 0 Å². The number of hydrogen-bond acceptors (Lipinski definition) is 5. The first kappa shape index (κ1) is 16.2. The van der Waals surface area contributed by atoms with Crippen LogP contribution in [-0.2, 0) is 16.4 Å². The highest BCUT2D eigenvalue weighted by atomic mass is 32.2. The normalized spacial score (nSPS) is 17.7. The highest BCUT2D eigenvalue weighted by Crippen LogP contribution is 2.39. The van der Waals surface area contributed by atoms with Gasteiger partial charge in [-0.05, 0) is 37.8 Å². The van der Waals surface area contributed by atoms with Crippen molar-refractivity contribution in [3.63, 3.8) is 0 Å². The molecule has 1 atom stereocenters. The van der Waals surface area contributed by atoms with Crippen molar-refractivity contribution < 1.29 is 18.0 Å². The van der Waals surface area contributed by atoms with Crippen molar-refractivity contribution in [2.75, 3.05) is 13.2 Å². The lowest BCUT2D eigenvalue weighted by Crippen LogP contribution is -2.36. The van der Waals surface area contributed by atoms with Gasteiger partial charge in [-0.15, -0.1) is 0 Å². The predicted molar refractivity (Wildman–Crippen MR) is 84.5 cm³/mol. The van der Waals surface area contributed by atoms with Crippen LogP contribution in [0.1, 0.15) is 35.0 Å². The molecule has 6 nitrogen and oxygen atoms in total. The zero-order valence-electron chi connectivity index (χ0n) is 13.2. The maximum absolute atomic E-state index is 13.1. The van der Waals surface area contributed by atoms with Gasteiger partial charge in [0, 0.05) is 6.54 Å². The summed E-state index contributed by atoms with van der Waals surface area (Å²) in [5, 5.41) is 13.2. The average Bonchev–Trinajstić information content (AvgIpc) is 3.08. The van der Waals surface area contributed by atoms with Crippen LogP contribution in [0, 0.1) is 13.8 Å². The van der Waals surface area contributed by atoms with Crippen LogP contribution < -0.4 is 0 Å². The third kappa shape index (κ3) is 2.69. The molecular formula is C16H20N2O4S. The van der Waals surface area contributed by atoms with Gasteiger partial charge in [-0.1, -0.05) is 29.4 Å². The van der Waals surface area contributed by atoms with E-state index in [-0.39, 0.29) is 29.8 Å². The van der Waals surface area contributed by atoms with E-state index in [9.17, 15) is 13.5 Å². The Balaban J connectivity index is 2.07. The van der Waals surface area contributed by atoms with Crippen LogP contribution in [0.3, 0.4) is 0 Å². The number of benzene rings is 1. The molecule has 3 rings (SSSR count). The monoisotopic (exact) mass is 336 g/mol. The molecule has 1 aromatic carbocycles. The van der Waals surface area contributed by atoms with Crippen molar-refractivity contribution in [2.24, 2.45) is 0 Å².